The second-order valence-electron chi connectivity index (χ2n) is 12.4. The van der Waals surface area contributed by atoms with Crippen molar-refractivity contribution in [1.29, 1.82) is 0 Å². The number of hydrogen-bond acceptors (Lipinski definition) is 5. The minimum atomic E-state index is -0.265. The molecule has 7 rings (SSSR count). The van der Waals surface area contributed by atoms with Crippen molar-refractivity contribution in [3.8, 4) is 0 Å². The molecule has 202 valence electrons. The van der Waals surface area contributed by atoms with E-state index in [1.807, 2.05) is 41.3 Å². The number of nitrogens with one attached hydrogen (secondary N) is 1. The summed E-state index contributed by atoms with van der Waals surface area (Å²) in [5, 5.41) is 15.6. The average Bonchev–Trinajstić information content (AvgIpc) is 2.92. The van der Waals surface area contributed by atoms with Crippen molar-refractivity contribution >= 4 is 23.0 Å². The van der Waals surface area contributed by atoms with Crippen LogP contribution in [0.1, 0.15) is 68.3 Å². The van der Waals surface area contributed by atoms with Gasteiger partial charge in [-0.1, -0.05) is 19.1 Å². The summed E-state index contributed by atoms with van der Waals surface area (Å²) in [6.07, 6.45) is 8.91. The standard InChI is InChI=1S/C31H40N4O3/c1-3-22-4-6-26(7-5-22)30(36)34-12-10-33(11-13-34)27-8-9-29(35(37)38)28(17-27)32-21(2)31-18-23-14-24(19-31)16-25(15-23)20-31/h4-9,17,21,23-25,32H,3,10-16,18-20H2,1-2H3. The van der Waals surface area contributed by atoms with Gasteiger partial charge in [0.15, 0.2) is 0 Å². The minimum Gasteiger partial charge on any atom is -0.376 e. The number of benzene rings is 2. The number of carbonyl (C=O) groups is 1. The van der Waals surface area contributed by atoms with Gasteiger partial charge in [-0.25, -0.2) is 0 Å². The Morgan fingerprint density at radius 2 is 1.61 bits per heavy atom. The first-order valence-corrected chi connectivity index (χ1v) is 14.5. The number of nitrogens with zero attached hydrogens (tertiary/aromatic N) is 3. The summed E-state index contributed by atoms with van der Waals surface area (Å²) in [7, 11) is 0. The van der Waals surface area contributed by atoms with Gasteiger partial charge in [-0.15, -0.1) is 0 Å². The lowest BCUT2D eigenvalue weighted by atomic mass is 9.48. The summed E-state index contributed by atoms with van der Waals surface area (Å²) < 4.78 is 0. The summed E-state index contributed by atoms with van der Waals surface area (Å²) in [6, 6.07) is 13.6. The SMILES string of the molecule is CCc1ccc(C(=O)N2CCN(c3ccc([N+](=O)[O-])c(NC(C)C45CC6CC(CC(C6)C4)C5)c3)CC2)cc1. The molecular formula is C31H40N4O3. The van der Waals surface area contributed by atoms with Crippen LogP contribution in [0.15, 0.2) is 42.5 Å². The zero-order valence-electron chi connectivity index (χ0n) is 22.7. The largest absolute Gasteiger partial charge is 0.376 e. The van der Waals surface area contributed by atoms with Gasteiger partial charge in [-0.05, 0) is 105 Å². The molecule has 1 N–H and O–H groups in total. The number of anilines is 2. The van der Waals surface area contributed by atoms with Crippen LogP contribution in [0.2, 0.25) is 0 Å². The van der Waals surface area contributed by atoms with Crippen LogP contribution in [0.5, 0.6) is 0 Å². The van der Waals surface area contributed by atoms with Crippen molar-refractivity contribution in [3.63, 3.8) is 0 Å². The highest BCUT2D eigenvalue weighted by Gasteiger charge is 2.53. The molecule has 4 saturated carbocycles. The number of nitro benzene ring substituents is 1. The lowest BCUT2D eigenvalue weighted by Crippen LogP contribution is -2.53. The monoisotopic (exact) mass is 516 g/mol. The van der Waals surface area contributed by atoms with E-state index in [1.54, 1.807) is 6.07 Å². The van der Waals surface area contributed by atoms with E-state index in [0.717, 1.165) is 35.4 Å². The molecule has 7 nitrogen and oxygen atoms in total. The Morgan fingerprint density at radius 3 is 2.16 bits per heavy atom. The second-order valence-corrected chi connectivity index (χ2v) is 12.4. The topological polar surface area (TPSA) is 78.7 Å². The number of amides is 1. The molecule has 2 aromatic carbocycles. The van der Waals surface area contributed by atoms with Gasteiger partial charge < -0.3 is 15.1 Å². The van der Waals surface area contributed by atoms with E-state index in [-0.39, 0.29) is 28.0 Å². The van der Waals surface area contributed by atoms with E-state index in [9.17, 15) is 14.9 Å². The summed E-state index contributed by atoms with van der Waals surface area (Å²) in [4.78, 5) is 28.9. The molecule has 4 aliphatic carbocycles. The van der Waals surface area contributed by atoms with Crippen LogP contribution < -0.4 is 10.2 Å². The third-order valence-corrected chi connectivity index (χ3v) is 10.1. The van der Waals surface area contributed by atoms with E-state index in [4.69, 9.17) is 0 Å². The molecular weight excluding hydrogens is 476 g/mol. The third kappa shape index (κ3) is 4.65. The zero-order valence-corrected chi connectivity index (χ0v) is 22.7. The highest BCUT2D eigenvalue weighted by atomic mass is 16.6. The van der Waals surface area contributed by atoms with Crippen LogP contribution in [0, 0.1) is 33.3 Å². The van der Waals surface area contributed by atoms with Crippen LogP contribution in [-0.2, 0) is 6.42 Å². The zero-order chi connectivity index (χ0) is 26.4. The maximum atomic E-state index is 13.0. The Hall–Kier alpha value is -3.09. The highest BCUT2D eigenvalue weighted by Crippen LogP contribution is 2.61. The molecule has 1 aliphatic heterocycles. The van der Waals surface area contributed by atoms with E-state index < -0.39 is 0 Å². The van der Waals surface area contributed by atoms with Crippen molar-refractivity contribution < 1.29 is 9.72 Å². The Balaban J connectivity index is 1.15. The number of aryl methyl sites for hydroxylation is 1. The van der Waals surface area contributed by atoms with Crippen molar-refractivity contribution in [2.45, 2.75) is 64.8 Å². The van der Waals surface area contributed by atoms with Gasteiger partial charge in [0, 0.05) is 49.5 Å². The van der Waals surface area contributed by atoms with Gasteiger partial charge in [-0.3, -0.25) is 14.9 Å². The minimum absolute atomic E-state index is 0.0720. The van der Waals surface area contributed by atoms with Gasteiger partial charge >= 0.3 is 0 Å². The van der Waals surface area contributed by atoms with Gasteiger partial charge in [0.2, 0.25) is 0 Å². The molecule has 38 heavy (non-hydrogen) atoms. The molecule has 1 heterocycles. The molecule has 1 amide bonds. The molecule has 2 aromatic rings. The number of carbonyl (C=O) groups excluding carboxylic acids is 1. The van der Waals surface area contributed by atoms with Crippen LogP contribution in [0.3, 0.4) is 0 Å². The first kappa shape index (κ1) is 25.2. The maximum Gasteiger partial charge on any atom is 0.292 e. The number of piperazine rings is 1. The molecule has 0 aromatic heterocycles. The van der Waals surface area contributed by atoms with Gasteiger partial charge in [0.1, 0.15) is 5.69 Å². The molecule has 0 radical (unpaired) electrons. The molecule has 5 fully saturated rings. The number of nitro groups is 1. The molecule has 4 bridgehead atoms. The second kappa shape index (κ2) is 9.90. The Bertz CT molecular complexity index is 1170. The quantitative estimate of drug-likeness (QED) is 0.353. The molecule has 0 spiro atoms. The lowest BCUT2D eigenvalue weighted by molar-refractivity contribution is -0.384. The van der Waals surface area contributed by atoms with Gasteiger partial charge in [-0.2, -0.15) is 0 Å². The predicted octanol–water partition coefficient (Wildman–Crippen LogP) is 6.14. The van der Waals surface area contributed by atoms with Crippen molar-refractivity contribution in [2.24, 2.45) is 23.2 Å². The van der Waals surface area contributed by atoms with E-state index >= 15 is 0 Å². The lowest BCUT2D eigenvalue weighted by Gasteiger charge is -2.59. The Kier molecular flexibility index (Phi) is 6.57. The van der Waals surface area contributed by atoms with Crippen molar-refractivity contribution in [3.05, 3.63) is 63.7 Å². The summed E-state index contributed by atoms with van der Waals surface area (Å²) in [5.74, 6) is 2.60. The smallest absolute Gasteiger partial charge is 0.292 e. The Labute approximate surface area is 225 Å². The van der Waals surface area contributed by atoms with Crippen LogP contribution in [-0.4, -0.2) is 48.0 Å². The highest BCUT2D eigenvalue weighted by molar-refractivity contribution is 5.94. The first-order chi connectivity index (χ1) is 18.3. The van der Waals surface area contributed by atoms with Crippen molar-refractivity contribution in [2.75, 3.05) is 36.4 Å². The van der Waals surface area contributed by atoms with E-state index in [2.05, 4.69) is 24.1 Å². The molecule has 1 unspecified atom stereocenters. The van der Waals surface area contributed by atoms with Crippen LogP contribution >= 0.6 is 0 Å². The van der Waals surface area contributed by atoms with Gasteiger partial charge in [0.05, 0.1) is 4.92 Å². The maximum absolute atomic E-state index is 13.0. The van der Waals surface area contributed by atoms with Crippen LogP contribution in [0.4, 0.5) is 17.1 Å². The number of rotatable bonds is 7. The van der Waals surface area contributed by atoms with Gasteiger partial charge in [0.25, 0.3) is 11.6 Å². The predicted molar refractivity (Wildman–Crippen MR) is 151 cm³/mol. The normalized spacial score (nSPS) is 28.8. The molecule has 7 heteroatoms. The fourth-order valence-electron chi connectivity index (χ4n) is 8.32. The molecule has 1 saturated heterocycles. The summed E-state index contributed by atoms with van der Waals surface area (Å²) in [6.45, 7) is 7.05. The first-order valence-electron chi connectivity index (χ1n) is 14.5. The molecule has 5 aliphatic rings. The third-order valence-electron chi connectivity index (χ3n) is 10.1. The van der Waals surface area contributed by atoms with Crippen molar-refractivity contribution in [1.82, 2.24) is 4.90 Å². The fourth-order valence-corrected chi connectivity index (χ4v) is 8.32. The fraction of sp³-hybridized carbons (Fsp3) is 0.581. The summed E-state index contributed by atoms with van der Waals surface area (Å²) in [5.41, 5.74) is 3.98. The van der Waals surface area contributed by atoms with Crippen LogP contribution in [0.25, 0.3) is 0 Å². The van der Waals surface area contributed by atoms with E-state index in [0.29, 0.717) is 31.9 Å². The van der Waals surface area contributed by atoms with E-state index in [1.165, 1.54) is 44.1 Å². The Morgan fingerprint density at radius 1 is 1.00 bits per heavy atom. The molecule has 1 atom stereocenters. The average molecular weight is 517 g/mol. The number of hydrogen-bond donors (Lipinski definition) is 1. The summed E-state index contributed by atoms with van der Waals surface area (Å²) >= 11 is 0.